The van der Waals surface area contributed by atoms with Gasteiger partial charge in [-0.3, -0.25) is 9.63 Å². The van der Waals surface area contributed by atoms with Gasteiger partial charge in [0.1, 0.15) is 6.61 Å². The first-order chi connectivity index (χ1) is 17.0. The molecule has 0 radical (unpaired) electrons. The van der Waals surface area contributed by atoms with Crippen molar-refractivity contribution in [1.29, 1.82) is 0 Å². The molecule has 8 nitrogen and oxygen atoms in total. The number of rotatable bonds is 11. The van der Waals surface area contributed by atoms with Crippen molar-refractivity contribution in [2.45, 2.75) is 44.1 Å². The Balaban J connectivity index is 1.10. The predicted octanol–water partition coefficient (Wildman–Crippen LogP) is 3.85. The van der Waals surface area contributed by atoms with Crippen LogP contribution in [0.2, 0.25) is 0 Å². The molecule has 35 heavy (non-hydrogen) atoms. The Bertz CT molecular complexity index is 1060. The number of amides is 2. The van der Waals surface area contributed by atoms with Crippen LogP contribution in [0.15, 0.2) is 48.5 Å². The second kappa shape index (κ2) is 10.1. The lowest BCUT2D eigenvalue weighted by Crippen LogP contribution is -2.38. The van der Waals surface area contributed by atoms with Crippen LogP contribution in [0.3, 0.4) is 0 Å². The van der Waals surface area contributed by atoms with Gasteiger partial charge in [0.05, 0.1) is 0 Å². The highest BCUT2D eigenvalue weighted by Crippen LogP contribution is 2.44. The molecule has 184 valence electrons. The smallest absolute Gasteiger partial charge is 0.407 e. The third kappa shape index (κ3) is 5.48. The maximum Gasteiger partial charge on any atom is 0.407 e. The number of benzene rings is 2. The van der Waals surface area contributed by atoms with Gasteiger partial charge < -0.3 is 15.2 Å². The van der Waals surface area contributed by atoms with Crippen molar-refractivity contribution < 1.29 is 29.1 Å². The van der Waals surface area contributed by atoms with E-state index in [4.69, 9.17) is 9.57 Å². The average Bonchev–Trinajstić information content (AvgIpc) is 3.78. The summed E-state index contributed by atoms with van der Waals surface area (Å²) in [6.45, 7) is 0.555. The van der Waals surface area contributed by atoms with Crippen LogP contribution in [0, 0.1) is 17.8 Å². The van der Waals surface area contributed by atoms with Gasteiger partial charge >= 0.3 is 12.1 Å². The zero-order valence-corrected chi connectivity index (χ0v) is 19.4. The molecule has 2 aromatic carbocycles. The second-order valence-corrected chi connectivity index (χ2v) is 9.75. The maximum absolute atomic E-state index is 12.5. The number of aliphatic carboxylic acids is 1. The first-order valence-electron chi connectivity index (χ1n) is 12.3. The zero-order chi connectivity index (χ0) is 24.4. The fraction of sp³-hybridized carbons (Fsp3) is 0.444. The molecule has 0 aromatic heterocycles. The average molecular weight is 479 g/mol. The molecule has 8 heteroatoms. The highest BCUT2D eigenvalue weighted by atomic mass is 16.7. The minimum Gasteiger partial charge on any atom is -0.479 e. The van der Waals surface area contributed by atoms with E-state index >= 15 is 0 Å². The molecule has 2 atom stereocenters. The van der Waals surface area contributed by atoms with Crippen LogP contribution >= 0.6 is 0 Å². The van der Waals surface area contributed by atoms with Crippen molar-refractivity contribution >= 4 is 18.0 Å². The summed E-state index contributed by atoms with van der Waals surface area (Å²) in [5, 5.41) is 12.0. The largest absolute Gasteiger partial charge is 0.479 e. The molecular weight excluding hydrogens is 448 g/mol. The third-order valence-corrected chi connectivity index (χ3v) is 7.18. The summed E-state index contributed by atoms with van der Waals surface area (Å²) in [5.74, 6) is -1.19. The molecule has 0 bridgehead atoms. The molecule has 2 aromatic rings. The summed E-state index contributed by atoms with van der Waals surface area (Å²) in [6.07, 6.45) is 2.25. The predicted molar refractivity (Wildman–Crippen MR) is 127 cm³/mol. The number of ether oxygens (including phenoxy) is 1. The summed E-state index contributed by atoms with van der Waals surface area (Å²) in [5.41, 5.74) is 6.95. The lowest BCUT2D eigenvalue weighted by molar-refractivity contribution is -0.162. The van der Waals surface area contributed by atoms with E-state index in [-0.39, 0.29) is 36.7 Å². The molecule has 2 unspecified atom stereocenters. The van der Waals surface area contributed by atoms with Gasteiger partial charge in [0.2, 0.25) is 5.91 Å². The van der Waals surface area contributed by atoms with Crippen molar-refractivity contribution in [3.8, 4) is 11.1 Å². The van der Waals surface area contributed by atoms with E-state index in [9.17, 15) is 19.5 Å². The van der Waals surface area contributed by atoms with E-state index in [1.165, 1.54) is 11.1 Å². The Kier molecular flexibility index (Phi) is 6.72. The van der Waals surface area contributed by atoms with E-state index < -0.39 is 18.2 Å². The lowest BCUT2D eigenvalue weighted by atomic mass is 9.98. The van der Waals surface area contributed by atoms with Gasteiger partial charge in [0.25, 0.3) is 0 Å². The fourth-order valence-electron chi connectivity index (χ4n) is 4.99. The first kappa shape index (κ1) is 23.4. The Morgan fingerprint density at radius 3 is 2.09 bits per heavy atom. The van der Waals surface area contributed by atoms with Crippen molar-refractivity contribution in [2.75, 3.05) is 13.2 Å². The van der Waals surface area contributed by atoms with Crippen LogP contribution < -0.4 is 10.8 Å². The Morgan fingerprint density at radius 2 is 1.51 bits per heavy atom. The van der Waals surface area contributed by atoms with E-state index in [0.717, 1.165) is 36.8 Å². The van der Waals surface area contributed by atoms with Gasteiger partial charge in [0, 0.05) is 18.9 Å². The highest BCUT2D eigenvalue weighted by Gasteiger charge is 2.39. The number of nitrogens with one attached hydrogen (secondary N) is 2. The Labute approximate surface area is 204 Å². The number of carboxylic acids is 1. The Hall–Kier alpha value is -3.39. The molecule has 2 amide bonds. The van der Waals surface area contributed by atoms with Crippen molar-refractivity contribution in [2.24, 2.45) is 17.8 Å². The van der Waals surface area contributed by atoms with Crippen molar-refractivity contribution in [3.05, 3.63) is 59.7 Å². The number of hydrogen-bond acceptors (Lipinski definition) is 5. The maximum atomic E-state index is 12.5. The van der Waals surface area contributed by atoms with E-state index in [0.29, 0.717) is 12.5 Å². The first-order valence-corrected chi connectivity index (χ1v) is 12.3. The highest BCUT2D eigenvalue weighted by molar-refractivity contribution is 5.79. The normalized spacial score (nSPS) is 18.2. The topological polar surface area (TPSA) is 114 Å². The van der Waals surface area contributed by atoms with Crippen LogP contribution in [-0.4, -0.2) is 42.3 Å². The van der Waals surface area contributed by atoms with Gasteiger partial charge in [-0.25, -0.2) is 15.1 Å². The van der Waals surface area contributed by atoms with Crippen LogP contribution in [0.4, 0.5) is 4.79 Å². The summed E-state index contributed by atoms with van der Waals surface area (Å²) in [7, 11) is 0. The van der Waals surface area contributed by atoms with Crippen LogP contribution in [0.1, 0.15) is 49.1 Å². The fourth-order valence-corrected chi connectivity index (χ4v) is 4.99. The molecule has 0 saturated heterocycles. The van der Waals surface area contributed by atoms with Crippen molar-refractivity contribution in [1.82, 2.24) is 10.8 Å². The van der Waals surface area contributed by atoms with Crippen LogP contribution in [0.5, 0.6) is 0 Å². The summed E-state index contributed by atoms with van der Waals surface area (Å²) < 4.78 is 5.59. The number of hydrogen-bond donors (Lipinski definition) is 3. The zero-order valence-electron chi connectivity index (χ0n) is 19.4. The van der Waals surface area contributed by atoms with Gasteiger partial charge in [-0.1, -0.05) is 48.5 Å². The number of carboxylic acid groups (broad SMARTS) is 1. The minimum absolute atomic E-state index is 0.0102. The molecule has 3 N–H and O–H groups in total. The molecular formula is C27H30N2O6. The summed E-state index contributed by atoms with van der Waals surface area (Å²) in [4.78, 5) is 41.3. The number of fused-ring (bicyclic) bond motifs is 3. The number of hydroxylamine groups is 1. The van der Waals surface area contributed by atoms with Crippen LogP contribution in [-0.2, 0) is 19.2 Å². The molecule has 0 heterocycles. The standard InChI is InChI=1S/C27H30N2O6/c30-24(29-35-25(26(31)32)17-11-12-17)13-18(16-9-10-16)14-28-27(33)34-15-23-21-7-3-1-5-19(21)20-6-2-4-8-22(20)23/h1-8,16-18,23,25H,9-15H2,(H,28,33)(H,29,30)(H,31,32). The molecule has 5 rings (SSSR count). The minimum atomic E-state index is -1.07. The number of alkyl carbamates (subject to hydrolysis) is 1. The second-order valence-electron chi connectivity index (χ2n) is 9.75. The van der Waals surface area contributed by atoms with Gasteiger partial charge in [-0.2, -0.15) is 0 Å². The van der Waals surface area contributed by atoms with Gasteiger partial charge in [-0.05, 0) is 65.7 Å². The molecule has 0 aliphatic heterocycles. The molecule has 0 spiro atoms. The third-order valence-electron chi connectivity index (χ3n) is 7.18. The molecule has 2 saturated carbocycles. The van der Waals surface area contributed by atoms with Gasteiger partial charge in [-0.15, -0.1) is 0 Å². The summed E-state index contributed by atoms with van der Waals surface area (Å²) >= 11 is 0. The number of carbonyl (C=O) groups is 3. The molecule has 3 aliphatic carbocycles. The van der Waals surface area contributed by atoms with Crippen molar-refractivity contribution in [3.63, 3.8) is 0 Å². The summed E-state index contributed by atoms with van der Waals surface area (Å²) in [6, 6.07) is 16.3. The van der Waals surface area contributed by atoms with E-state index in [1.807, 2.05) is 24.3 Å². The molecule has 2 fully saturated rings. The number of carbonyl (C=O) groups excluding carboxylic acids is 2. The van der Waals surface area contributed by atoms with E-state index in [2.05, 4.69) is 35.1 Å². The lowest BCUT2D eigenvalue weighted by Gasteiger charge is -2.19. The SMILES string of the molecule is O=C(CC(CNC(=O)OCC1c2ccccc2-c2ccccc21)C1CC1)NOC(C(=O)O)C1CC1. The Morgan fingerprint density at radius 1 is 0.914 bits per heavy atom. The molecule has 3 aliphatic rings. The van der Waals surface area contributed by atoms with Gasteiger partial charge in [0.15, 0.2) is 6.10 Å². The van der Waals surface area contributed by atoms with E-state index in [1.54, 1.807) is 0 Å². The van der Waals surface area contributed by atoms with Crippen LogP contribution in [0.25, 0.3) is 11.1 Å². The monoisotopic (exact) mass is 478 g/mol. The quantitative estimate of drug-likeness (QED) is 0.423.